The Hall–Kier alpha value is -0.840. The smallest absolute Gasteiger partial charge is 0.317 e. The van der Waals surface area contributed by atoms with E-state index in [0.29, 0.717) is 12.8 Å². The predicted octanol–water partition coefficient (Wildman–Crippen LogP) is 5.01. The Kier molecular flexibility index (Phi) is 6.69. The molecule has 6 heteroatoms. The van der Waals surface area contributed by atoms with Gasteiger partial charge in [0.05, 0.1) is 6.61 Å². The molecule has 0 aliphatic heterocycles. The third-order valence-electron chi connectivity index (χ3n) is 3.98. The lowest BCUT2D eigenvalue weighted by Crippen LogP contribution is -2.38. The maximum atomic E-state index is 12.5. The van der Waals surface area contributed by atoms with Gasteiger partial charge in [-0.25, -0.2) is 0 Å². The molecule has 1 saturated carbocycles. The third-order valence-corrected chi connectivity index (χ3v) is 4.73. The van der Waals surface area contributed by atoms with E-state index in [4.69, 9.17) is 27.9 Å². The van der Waals surface area contributed by atoms with E-state index in [2.05, 4.69) is 15.9 Å². The predicted molar refractivity (Wildman–Crippen MR) is 94.5 cm³/mol. The Bertz CT molecular complexity index is 626. The van der Waals surface area contributed by atoms with Crippen LogP contribution in [0.1, 0.15) is 31.2 Å². The van der Waals surface area contributed by atoms with E-state index < -0.39 is 11.9 Å². The highest BCUT2D eigenvalue weighted by molar-refractivity contribution is 9.10. The number of ketones is 1. The van der Waals surface area contributed by atoms with Crippen LogP contribution in [0.5, 0.6) is 0 Å². The van der Waals surface area contributed by atoms with Crippen molar-refractivity contribution in [3.63, 3.8) is 0 Å². The van der Waals surface area contributed by atoms with Crippen LogP contribution in [0.3, 0.4) is 0 Å². The summed E-state index contributed by atoms with van der Waals surface area (Å²) in [7, 11) is 0. The van der Waals surface area contributed by atoms with E-state index in [9.17, 15) is 9.59 Å². The number of allylic oxidation sites excluding steroid dienone is 1. The van der Waals surface area contributed by atoms with Gasteiger partial charge in [-0.15, -0.1) is 0 Å². The SMILES string of the molecule is CCOC(=O)[C@@H]1C(=O)C[C@H](c2cccc(Br)c2)C[C@@H]1C=C(Cl)Cl. The first-order valence-corrected chi connectivity index (χ1v) is 8.95. The number of hydrogen-bond donors (Lipinski definition) is 0. The summed E-state index contributed by atoms with van der Waals surface area (Å²) < 4.78 is 6.06. The molecule has 0 spiro atoms. The van der Waals surface area contributed by atoms with E-state index >= 15 is 0 Å². The van der Waals surface area contributed by atoms with Gasteiger partial charge in [0.2, 0.25) is 0 Å². The van der Waals surface area contributed by atoms with Crippen LogP contribution in [-0.2, 0) is 14.3 Å². The highest BCUT2D eigenvalue weighted by Crippen LogP contribution is 2.40. The van der Waals surface area contributed by atoms with Crippen molar-refractivity contribution in [1.29, 1.82) is 0 Å². The molecule has 1 aliphatic rings. The van der Waals surface area contributed by atoms with Crippen molar-refractivity contribution in [2.75, 3.05) is 6.61 Å². The van der Waals surface area contributed by atoms with Gasteiger partial charge in [-0.05, 0) is 43.0 Å². The molecule has 1 aromatic rings. The van der Waals surface area contributed by atoms with Crippen molar-refractivity contribution in [3.05, 3.63) is 44.9 Å². The molecule has 0 bridgehead atoms. The third kappa shape index (κ3) is 4.82. The molecular weight excluding hydrogens is 403 g/mol. The number of Topliss-reactive ketones (excluding diaryl/α,β-unsaturated/α-hetero) is 1. The van der Waals surface area contributed by atoms with E-state index in [-0.39, 0.29) is 28.7 Å². The van der Waals surface area contributed by atoms with Crippen molar-refractivity contribution in [2.24, 2.45) is 11.8 Å². The Labute approximate surface area is 154 Å². The standard InChI is InChI=1S/C17H17BrCl2O3/c1-2-23-17(22)16-12(9-15(19)20)6-11(8-14(16)21)10-4-3-5-13(18)7-10/h3-5,7,9,11-12,16H,2,6,8H2,1H3/t11-,12-,16+/m1/s1. The lowest BCUT2D eigenvalue weighted by atomic mass is 9.71. The minimum Gasteiger partial charge on any atom is -0.465 e. The van der Waals surface area contributed by atoms with Crippen LogP contribution in [0.15, 0.2) is 39.3 Å². The lowest BCUT2D eigenvalue weighted by molar-refractivity contribution is -0.154. The molecule has 3 nitrogen and oxygen atoms in total. The highest BCUT2D eigenvalue weighted by Gasteiger charge is 2.41. The molecule has 23 heavy (non-hydrogen) atoms. The highest BCUT2D eigenvalue weighted by atomic mass is 79.9. The number of ether oxygens (including phenoxy) is 1. The van der Waals surface area contributed by atoms with Crippen LogP contribution >= 0.6 is 39.1 Å². The van der Waals surface area contributed by atoms with Gasteiger partial charge in [-0.1, -0.05) is 51.3 Å². The van der Waals surface area contributed by atoms with Crippen LogP contribution in [0.4, 0.5) is 0 Å². The Morgan fingerprint density at radius 1 is 1.43 bits per heavy atom. The fraction of sp³-hybridized carbons (Fsp3) is 0.412. The van der Waals surface area contributed by atoms with Gasteiger partial charge in [0, 0.05) is 16.8 Å². The molecular formula is C17H17BrCl2O3. The minimum absolute atomic E-state index is 0.0274. The maximum absolute atomic E-state index is 12.5. The second-order valence-corrected chi connectivity index (χ2v) is 7.43. The van der Waals surface area contributed by atoms with Gasteiger partial charge in [0.25, 0.3) is 0 Å². The average Bonchev–Trinajstić information content (AvgIpc) is 2.46. The zero-order chi connectivity index (χ0) is 17.0. The summed E-state index contributed by atoms with van der Waals surface area (Å²) >= 11 is 15.0. The molecule has 1 aliphatic carbocycles. The Balaban J connectivity index is 2.29. The van der Waals surface area contributed by atoms with E-state index in [1.807, 2.05) is 24.3 Å². The van der Waals surface area contributed by atoms with Gasteiger partial charge < -0.3 is 4.74 Å². The molecule has 1 fully saturated rings. The Morgan fingerprint density at radius 3 is 2.78 bits per heavy atom. The first-order valence-electron chi connectivity index (χ1n) is 7.40. The molecule has 124 valence electrons. The molecule has 0 N–H and O–H groups in total. The van der Waals surface area contributed by atoms with Crippen molar-refractivity contribution < 1.29 is 14.3 Å². The first kappa shape index (κ1) is 18.5. The van der Waals surface area contributed by atoms with Crippen molar-refractivity contribution in [2.45, 2.75) is 25.7 Å². The second kappa shape index (κ2) is 8.32. The zero-order valence-electron chi connectivity index (χ0n) is 12.6. The lowest BCUT2D eigenvalue weighted by Gasteiger charge is -2.32. The van der Waals surface area contributed by atoms with Gasteiger partial charge >= 0.3 is 5.97 Å². The minimum atomic E-state index is -0.828. The van der Waals surface area contributed by atoms with Crippen LogP contribution in [0, 0.1) is 11.8 Å². The van der Waals surface area contributed by atoms with Gasteiger partial charge in [-0.3, -0.25) is 9.59 Å². The summed E-state index contributed by atoms with van der Waals surface area (Å²) in [5.74, 6) is -1.79. The Morgan fingerprint density at radius 2 is 2.17 bits per heavy atom. The van der Waals surface area contributed by atoms with Crippen LogP contribution < -0.4 is 0 Å². The number of carbonyl (C=O) groups is 2. The zero-order valence-corrected chi connectivity index (χ0v) is 15.7. The molecule has 0 unspecified atom stereocenters. The molecule has 2 rings (SSSR count). The van der Waals surface area contributed by atoms with E-state index in [1.165, 1.54) is 0 Å². The average molecular weight is 420 g/mol. The molecule has 0 saturated heterocycles. The van der Waals surface area contributed by atoms with E-state index in [1.54, 1.807) is 13.0 Å². The van der Waals surface area contributed by atoms with Gasteiger partial charge in [0.15, 0.2) is 0 Å². The van der Waals surface area contributed by atoms with Crippen LogP contribution in [-0.4, -0.2) is 18.4 Å². The topological polar surface area (TPSA) is 43.4 Å². The van der Waals surface area contributed by atoms with Gasteiger partial charge in [-0.2, -0.15) is 0 Å². The number of benzene rings is 1. The second-order valence-electron chi connectivity index (χ2n) is 5.51. The monoisotopic (exact) mass is 418 g/mol. The number of rotatable bonds is 4. The number of esters is 1. The van der Waals surface area contributed by atoms with Crippen LogP contribution in [0.2, 0.25) is 0 Å². The normalized spacial score (nSPS) is 24.2. The molecule has 0 aromatic heterocycles. The maximum Gasteiger partial charge on any atom is 0.317 e. The summed E-state index contributed by atoms with van der Waals surface area (Å²) in [6.45, 7) is 1.96. The fourth-order valence-corrected chi connectivity index (χ4v) is 3.78. The van der Waals surface area contributed by atoms with Crippen molar-refractivity contribution in [1.82, 2.24) is 0 Å². The molecule has 0 radical (unpaired) electrons. The summed E-state index contributed by atoms with van der Waals surface area (Å²) in [5.41, 5.74) is 1.05. The quantitative estimate of drug-likeness (QED) is 0.508. The number of carbonyl (C=O) groups excluding carboxylic acids is 2. The number of hydrogen-bond acceptors (Lipinski definition) is 3. The van der Waals surface area contributed by atoms with Crippen LogP contribution in [0.25, 0.3) is 0 Å². The first-order chi connectivity index (χ1) is 10.9. The summed E-state index contributed by atoms with van der Waals surface area (Å²) in [5, 5.41) is 0. The molecule has 0 heterocycles. The van der Waals surface area contributed by atoms with Crippen molar-refractivity contribution in [3.8, 4) is 0 Å². The largest absolute Gasteiger partial charge is 0.465 e. The molecule has 3 atom stereocenters. The summed E-state index contributed by atoms with van der Waals surface area (Å²) in [6, 6.07) is 7.84. The molecule has 0 amide bonds. The summed E-state index contributed by atoms with van der Waals surface area (Å²) in [4.78, 5) is 24.7. The van der Waals surface area contributed by atoms with Crippen molar-refractivity contribution >= 4 is 50.9 Å². The summed E-state index contributed by atoms with van der Waals surface area (Å²) in [6.07, 6.45) is 2.51. The fourth-order valence-electron chi connectivity index (χ4n) is 3.04. The van der Waals surface area contributed by atoms with E-state index in [0.717, 1.165) is 10.0 Å². The van der Waals surface area contributed by atoms with Gasteiger partial charge in [0.1, 0.15) is 16.2 Å². The number of halogens is 3. The molecule has 1 aromatic carbocycles.